The van der Waals surface area contributed by atoms with E-state index in [4.69, 9.17) is 4.74 Å². The molecule has 5 heteroatoms. The van der Waals surface area contributed by atoms with Crippen molar-refractivity contribution in [2.45, 2.75) is 12.8 Å². The van der Waals surface area contributed by atoms with Crippen molar-refractivity contribution in [3.63, 3.8) is 0 Å². The Balaban J connectivity index is 2.30. The number of rotatable bonds is 2. The standard InChI is InChI=1S/C12H13F2NO2/c1-17-12-7-10(14)9(13)6-11(12)15-4-2-8(16)3-5-15/h6-7H,2-5H2,1H3. The van der Waals surface area contributed by atoms with Gasteiger partial charge in [-0.2, -0.15) is 0 Å². The minimum absolute atomic E-state index is 0.197. The van der Waals surface area contributed by atoms with Gasteiger partial charge in [0.2, 0.25) is 0 Å². The van der Waals surface area contributed by atoms with Gasteiger partial charge in [-0.15, -0.1) is 0 Å². The van der Waals surface area contributed by atoms with Gasteiger partial charge in [0.1, 0.15) is 11.5 Å². The van der Waals surface area contributed by atoms with E-state index in [0.717, 1.165) is 12.1 Å². The first-order chi connectivity index (χ1) is 8.11. The summed E-state index contributed by atoms with van der Waals surface area (Å²) in [6, 6.07) is 2.14. The van der Waals surface area contributed by atoms with E-state index in [2.05, 4.69) is 0 Å². The van der Waals surface area contributed by atoms with E-state index in [1.165, 1.54) is 7.11 Å². The fraction of sp³-hybridized carbons (Fsp3) is 0.417. The molecule has 2 rings (SSSR count). The molecule has 17 heavy (non-hydrogen) atoms. The van der Waals surface area contributed by atoms with Crippen LogP contribution >= 0.6 is 0 Å². The number of piperidine rings is 1. The van der Waals surface area contributed by atoms with Crippen LogP contribution in [-0.4, -0.2) is 26.0 Å². The predicted molar refractivity (Wildman–Crippen MR) is 59.4 cm³/mol. The zero-order valence-corrected chi connectivity index (χ0v) is 9.50. The zero-order valence-electron chi connectivity index (χ0n) is 9.50. The summed E-state index contributed by atoms with van der Waals surface area (Å²) in [5, 5.41) is 0. The summed E-state index contributed by atoms with van der Waals surface area (Å²) in [7, 11) is 1.41. The number of methoxy groups -OCH3 is 1. The normalized spacial score (nSPS) is 16.2. The molecule has 0 saturated carbocycles. The quantitative estimate of drug-likeness (QED) is 0.794. The lowest BCUT2D eigenvalue weighted by Gasteiger charge is -2.29. The Kier molecular flexibility index (Phi) is 3.26. The van der Waals surface area contributed by atoms with Crippen molar-refractivity contribution in [2.24, 2.45) is 0 Å². The number of Topliss-reactive ketones (excluding diaryl/α,β-unsaturated/α-hetero) is 1. The van der Waals surface area contributed by atoms with Gasteiger partial charge in [0, 0.05) is 38.1 Å². The van der Waals surface area contributed by atoms with Crippen LogP contribution in [0.2, 0.25) is 0 Å². The summed E-state index contributed by atoms with van der Waals surface area (Å²) >= 11 is 0. The highest BCUT2D eigenvalue weighted by Gasteiger charge is 2.21. The first-order valence-electron chi connectivity index (χ1n) is 5.41. The molecule has 1 fully saturated rings. The van der Waals surface area contributed by atoms with Crippen molar-refractivity contribution < 1.29 is 18.3 Å². The fourth-order valence-electron chi connectivity index (χ4n) is 1.93. The summed E-state index contributed by atoms with van der Waals surface area (Å²) in [5.74, 6) is -1.35. The van der Waals surface area contributed by atoms with Gasteiger partial charge in [-0.25, -0.2) is 8.78 Å². The molecule has 1 aliphatic rings. The summed E-state index contributed by atoms with van der Waals surface area (Å²) in [6.07, 6.45) is 0.865. The third-order valence-corrected chi connectivity index (χ3v) is 2.88. The third kappa shape index (κ3) is 2.38. The van der Waals surface area contributed by atoms with Crippen molar-refractivity contribution in [3.8, 4) is 5.75 Å². The average Bonchev–Trinajstić information content (AvgIpc) is 2.33. The largest absolute Gasteiger partial charge is 0.494 e. The number of hydrogen-bond acceptors (Lipinski definition) is 3. The van der Waals surface area contributed by atoms with E-state index >= 15 is 0 Å². The number of hydrogen-bond donors (Lipinski definition) is 0. The van der Waals surface area contributed by atoms with Gasteiger partial charge in [-0.3, -0.25) is 4.79 Å². The molecule has 0 aliphatic carbocycles. The van der Waals surface area contributed by atoms with E-state index in [9.17, 15) is 13.6 Å². The molecule has 0 unspecified atom stereocenters. The topological polar surface area (TPSA) is 29.5 Å². The fourth-order valence-corrected chi connectivity index (χ4v) is 1.93. The third-order valence-electron chi connectivity index (χ3n) is 2.88. The van der Waals surface area contributed by atoms with Gasteiger partial charge in [0.25, 0.3) is 0 Å². The maximum atomic E-state index is 13.2. The molecule has 1 aromatic rings. The maximum absolute atomic E-state index is 13.2. The second-order valence-corrected chi connectivity index (χ2v) is 3.96. The van der Waals surface area contributed by atoms with E-state index in [-0.39, 0.29) is 5.78 Å². The number of ketones is 1. The second-order valence-electron chi connectivity index (χ2n) is 3.96. The number of carbonyl (C=O) groups excluding carboxylic acids is 1. The molecule has 0 amide bonds. The molecule has 1 aliphatic heterocycles. The Morgan fingerprint density at radius 1 is 1.18 bits per heavy atom. The molecule has 0 spiro atoms. The maximum Gasteiger partial charge on any atom is 0.162 e. The van der Waals surface area contributed by atoms with Crippen molar-refractivity contribution in [1.82, 2.24) is 0 Å². The molecule has 0 N–H and O–H groups in total. The molecule has 0 bridgehead atoms. The number of nitrogens with zero attached hydrogens (tertiary/aromatic N) is 1. The molecule has 1 aromatic carbocycles. The van der Waals surface area contributed by atoms with Crippen LogP contribution in [-0.2, 0) is 4.79 Å². The van der Waals surface area contributed by atoms with E-state index in [0.29, 0.717) is 37.4 Å². The number of halogens is 2. The van der Waals surface area contributed by atoms with Gasteiger partial charge in [-0.1, -0.05) is 0 Å². The monoisotopic (exact) mass is 241 g/mol. The Morgan fingerprint density at radius 2 is 1.76 bits per heavy atom. The molecule has 0 aromatic heterocycles. The summed E-state index contributed by atoms with van der Waals surface area (Å²) < 4.78 is 31.3. The van der Waals surface area contributed by atoms with Gasteiger partial charge < -0.3 is 9.64 Å². The highest BCUT2D eigenvalue weighted by atomic mass is 19.2. The molecule has 3 nitrogen and oxygen atoms in total. The van der Waals surface area contributed by atoms with Crippen LogP contribution in [0, 0.1) is 11.6 Å². The van der Waals surface area contributed by atoms with Crippen LogP contribution in [0.1, 0.15) is 12.8 Å². The minimum Gasteiger partial charge on any atom is -0.494 e. The SMILES string of the molecule is COc1cc(F)c(F)cc1N1CCC(=O)CC1. The predicted octanol–water partition coefficient (Wildman–Crippen LogP) is 2.14. The first kappa shape index (κ1) is 11.8. The van der Waals surface area contributed by atoms with Crippen LogP contribution in [0.4, 0.5) is 14.5 Å². The summed E-state index contributed by atoms with van der Waals surface area (Å²) in [4.78, 5) is 13.0. The highest BCUT2D eigenvalue weighted by Crippen LogP contribution is 2.31. The molecule has 1 heterocycles. The Morgan fingerprint density at radius 3 is 2.35 bits per heavy atom. The first-order valence-corrected chi connectivity index (χ1v) is 5.41. The van der Waals surface area contributed by atoms with Crippen LogP contribution in [0.5, 0.6) is 5.75 Å². The molecular weight excluding hydrogens is 228 g/mol. The smallest absolute Gasteiger partial charge is 0.162 e. The van der Waals surface area contributed by atoms with E-state index < -0.39 is 11.6 Å². The molecular formula is C12H13F2NO2. The molecule has 0 radical (unpaired) electrons. The van der Waals surface area contributed by atoms with Gasteiger partial charge >= 0.3 is 0 Å². The Labute approximate surface area is 98.0 Å². The summed E-state index contributed by atoms with van der Waals surface area (Å²) in [6.45, 7) is 1.03. The van der Waals surface area contributed by atoms with E-state index in [1.54, 1.807) is 0 Å². The van der Waals surface area contributed by atoms with Crippen molar-refractivity contribution in [1.29, 1.82) is 0 Å². The van der Waals surface area contributed by atoms with Gasteiger partial charge in [-0.05, 0) is 0 Å². The zero-order chi connectivity index (χ0) is 12.4. The number of benzene rings is 1. The Hall–Kier alpha value is -1.65. The number of ether oxygens (including phenoxy) is 1. The van der Waals surface area contributed by atoms with Crippen molar-refractivity contribution in [2.75, 3.05) is 25.1 Å². The van der Waals surface area contributed by atoms with Gasteiger partial charge in [0.15, 0.2) is 11.6 Å². The van der Waals surface area contributed by atoms with E-state index in [1.807, 2.05) is 4.90 Å². The van der Waals surface area contributed by atoms with Gasteiger partial charge in [0.05, 0.1) is 12.8 Å². The molecule has 1 saturated heterocycles. The molecule has 0 atom stereocenters. The summed E-state index contributed by atoms with van der Waals surface area (Å²) in [5.41, 5.74) is 0.499. The van der Waals surface area contributed by atoms with Crippen LogP contribution in [0.25, 0.3) is 0 Å². The van der Waals surface area contributed by atoms with Crippen LogP contribution < -0.4 is 9.64 Å². The number of anilines is 1. The second kappa shape index (κ2) is 4.69. The molecule has 92 valence electrons. The lowest BCUT2D eigenvalue weighted by molar-refractivity contribution is -0.119. The van der Waals surface area contributed by atoms with Crippen molar-refractivity contribution >= 4 is 11.5 Å². The minimum atomic E-state index is -0.932. The van der Waals surface area contributed by atoms with Crippen molar-refractivity contribution in [3.05, 3.63) is 23.8 Å². The number of carbonyl (C=O) groups is 1. The average molecular weight is 241 g/mol. The lowest BCUT2D eigenvalue weighted by Crippen LogP contribution is -2.34. The van der Waals surface area contributed by atoms with Crippen LogP contribution in [0.3, 0.4) is 0 Å². The van der Waals surface area contributed by atoms with Crippen LogP contribution in [0.15, 0.2) is 12.1 Å². The lowest BCUT2D eigenvalue weighted by atomic mass is 10.1. The highest BCUT2D eigenvalue weighted by molar-refractivity contribution is 5.81. The Bertz CT molecular complexity index is 438.